The molecule has 2 heterocycles. The molecule has 0 aliphatic heterocycles. The highest BCUT2D eigenvalue weighted by molar-refractivity contribution is 7.89. The van der Waals surface area contributed by atoms with Crippen LogP contribution in [0.2, 0.25) is 0 Å². The summed E-state index contributed by atoms with van der Waals surface area (Å²) in [4.78, 5) is 12.9. The molecule has 0 unspecified atom stereocenters. The Labute approximate surface area is 108 Å². The molecule has 0 fully saturated rings. The maximum Gasteiger partial charge on any atom is 0.352 e. The second-order valence-electron chi connectivity index (χ2n) is 3.62. The molecule has 0 aliphatic carbocycles. The summed E-state index contributed by atoms with van der Waals surface area (Å²) in [6, 6.07) is 1.06. The predicted octanol–water partition coefficient (Wildman–Crippen LogP) is -0.717. The maximum atomic E-state index is 11.8. The Morgan fingerprint density at radius 2 is 2.32 bits per heavy atom. The van der Waals surface area contributed by atoms with Crippen LogP contribution in [0.15, 0.2) is 29.6 Å². The first-order valence-electron chi connectivity index (χ1n) is 5.24. The van der Waals surface area contributed by atoms with Gasteiger partial charge in [-0.3, -0.25) is 4.68 Å². The Balaban J connectivity index is 1.99. The number of carbonyl (C=O) groups is 1. The summed E-state index contributed by atoms with van der Waals surface area (Å²) < 4.78 is 27.5. The third-order valence-electron chi connectivity index (χ3n) is 2.30. The van der Waals surface area contributed by atoms with Crippen LogP contribution in [0.5, 0.6) is 0 Å². The molecule has 3 N–H and O–H groups in total. The number of H-pyrrole nitrogens is 1. The zero-order valence-electron chi connectivity index (χ0n) is 9.65. The van der Waals surface area contributed by atoms with Crippen LogP contribution < -0.4 is 4.72 Å². The second kappa shape index (κ2) is 5.20. The summed E-state index contributed by atoms with van der Waals surface area (Å²) in [5, 5.41) is 16.0. The standard InChI is InChI=1S/C9H11N5O4S/c15-9(16)8-5-7(6-10-8)19(17,18)12-2-4-14-3-1-11-13-14/h1,3,5-6,10,12H,2,4H2,(H,15,16). The molecule has 0 bridgehead atoms. The fourth-order valence-corrected chi connectivity index (χ4v) is 2.40. The maximum absolute atomic E-state index is 11.8. The highest BCUT2D eigenvalue weighted by Crippen LogP contribution is 2.10. The van der Waals surface area contributed by atoms with Gasteiger partial charge in [0.25, 0.3) is 0 Å². The molecule has 0 amide bonds. The minimum Gasteiger partial charge on any atom is -0.477 e. The van der Waals surface area contributed by atoms with Gasteiger partial charge in [-0.05, 0) is 6.07 Å². The van der Waals surface area contributed by atoms with E-state index in [2.05, 4.69) is 20.0 Å². The first kappa shape index (κ1) is 13.2. The van der Waals surface area contributed by atoms with Crippen LogP contribution in [0.4, 0.5) is 0 Å². The van der Waals surface area contributed by atoms with E-state index in [4.69, 9.17) is 5.11 Å². The second-order valence-corrected chi connectivity index (χ2v) is 5.39. The Morgan fingerprint density at radius 3 is 2.89 bits per heavy atom. The average Bonchev–Trinajstić information content (AvgIpc) is 2.99. The summed E-state index contributed by atoms with van der Waals surface area (Å²) in [6.45, 7) is 0.453. The normalized spacial score (nSPS) is 11.6. The molecule has 0 saturated carbocycles. The van der Waals surface area contributed by atoms with Crippen molar-refractivity contribution >= 4 is 16.0 Å². The Hall–Kier alpha value is -2.20. The number of carboxylic acid groups (broad SMARTS) is 1. The van der Waals surface area contributed by atoms with Gasteiger partial charge in [-0.2, -0.15) is 0 Å². The van der Waals surface area contributed by atoms with Gasteiger partial charge in [0.15, 0.2) is 0 Å². The fraction of sp³-hybridized carbons (Fsp3) is 0.222. The first-order chi connectivity index (χ1) is 8.99. The van der Waals surface area contributed by atoms with E-state index in [1.54, 1.807) is 6.20 Å². The summed E-state index contributed by atoms with van der Waals surface area (Å²) in [7, 11) is -3.73. The van der Waals surface area contributed by atoms with Gasteiger partial charge in [-0.25, -0.2) is 17.9 Å². The Morgan fingerprint density at radius 1 is 1.53 bits per heavy atom. The third-order valence-corrected chi connectivity index (χ3v) is 3.74. The minimum absolute atomic E-state index is 0.122. The van der Waals surface area contributed by atoms with Gasteiger partial charge >= 0.3 is 5.97 Å². The molecular formula is C9H11N5O4S. The number of aromatic amines is 1. The lowest BCUT2D eigenvalue weighted by Crippen LogP contribution is -2.27. The molecule has 0 aliphatic rings. The van der Waals surface area contributed by atoms with E-state index in [1.807, 2.05) is 0 Å². The third kappa shape index (κ3) is 3.17. The van der Waals surface area contributed by atoms with Crippen LogP contribution >= 0.6 is 0 Å². The van der Waals surface area contributed by atoms with E-state index in [-0.39, 0.29) is 17.1 Å². The number of carboxylic acids is 1. The quantitative estimate of drug-likeness (QED) is 0.642. The number of nitrogens with one attached hydrogen (secondary N) is 2. The predicted molar refractivity (Wildman–Crippen MR) is 63.0 cm³/mol. The Bertz CT molecular complexity index is 661. The Kier molecular flexibility index (Phi) is 3.62. The smallest absolute Gasteiger partial charge is 0.352 e. The summed E-state index contributed by atoms with van der Waals surface area (Å²) >= 11 is 0. The summed E-state index contributed by atoms with van der Waals surface area (Å²) in [6.07, 6.45) is 4.22. The SMILES string of the molecule is O=C(O)c1cc(S(=O)(=O)NCCn2ccnn2)c[nH]1. The molecule has 19 heavy (non-hydrogen) atoms. The van der Waals surface area contributed by atoms with Crippen molar-refractivity contribution in [3.8, 4) is 0 Å². The average molecular weight is 285 g/mol. The van der Waals surface area contributed by atoms with Crippen LogP contribution in [0.25, 0.3) is 0 Å². The molecule has 10 heteroatoms. The van der Waals surface area contributed by atoms with Crippen molar-refractivity contribution in [2.75, 3.05) is 6.54 Å². The van der Waals surface area contributed by atoms with Crippen LogP contribution in [0.1, 0.15) is 10.5 Å². The van der Waals surface area contributed by atoms with E-state index in [9.17, 15) is 13.2 Å². The van der Waals surface area contributed by atoms with Gasteiger partial charge in [0.1, 0.15) is 10.6 Å². The van der Waals surface area contributed by atoms with Gasteiger partial charge in [0, 0.05) is 18.9 Å². The minimum atomic E-state index is -3.73. The monoisotopic (exact) mass is 285 g/mol. The zero-order chi connectivity index (χ0) is 13.9. The molecule has 9 nitrogen and oxygen atoms in total. The molecule has 2 rings (SSSR count). The number of aromatic carboxylic acids is 1. The molecule has 102 valence electrons. The van der Waals surface area contributed by atoms with Gasteiger partial charge in [0.2, 0.25) is 10.0 Å². The highest BCUT2D eigenvalue weighted by Gasteiger charge is 2.17. The lowest BCUT2D eigenvalue weighted by atomic mass is 10.4. The van der Waals surface area contributed by atoms with Crippen molar-refractivity contribution in [1.29, 1.82) is 0 Å². The van der Waals surface area contributed by atoms with Crippen LogP contribution in [0.3, 0.4) is 0 Å². The molecule has 0 radical (unpaired) electrons. The number of rotatable bonds is 6. The van der Waals surface area contributed by atoms with Gasteiger partial charge < -0.3 is 10.1 Å². The molecule has 0 saturated heterocycles. The number of sulfonamides is 1. The van der Waals surface area contributed by atoms with E-state index < -0.39 is 16.0 Å². The van der Waals surface area contributed by atoms with Gasteiger partial charge in [-0.15, -0.1) is 5.10 Å². The van der Waals surface area contributed by atoms with E-state index >= 15 is 0 Å². The number of aromatic nitrogens is 4. The van der Waals surface area contributed by atoms with Crippen LogP contribution in [0, 0.1) is 0 Å². The molecule has 2 aromatic heterocycles. The largest absolute Gasteiger partial charge is 0.477 e. The van der Waals surface area contributed by atoms with Crippen molar-refractivity contribution in [2.45, 2.75) is 11.4 Å². The highest BCUT2D eigenvalue weighted by atomic mass is 32.2. The molecular weight excluding hydrogens is 274 g/mol. The summed E-state index contributed by atoms with van der Waals surface area (Å²) in [5.74, 6) is -1.22. The van der Waals surface area contributed by atoms with Crippen LogP contribution in [-0.2, 0) is 16.6 Å². The fourth-order valence-electron chi connectivity index (χ4n) is 1.38. The lowest BCUT2D eigenvalue weighted by Gasteiger charge is -2.04. The zero-order valence-corrected chi connectivity index (χ0v) is 10.5. The van der Waals surface area contributed by atoms with Crippen LogP contribution in [-0.4, -0.2) is 46.0 Å². The van der Waals surface area contributed by atoms with Gasteiger partial charge in [0.05, 0.1) is 12.7 Å². The van der Waals surface area contributed by atoms with E-state index in [0.29, 0.717) is 6.54 Å². The molecule has 0 spiro atoms. The van der Waals surface area contributed by atoms with Crippen molar-refractivity contribution in [2.24, 2.45) is 0 Å². The van der Waals surface area contributed by atoms with Crippen molar-refractivity contribution < 1.29 is 18.3 Å². The first-order valence-corrected chi connectivity index (χ1v) is 6.73. The molecule has 2 aromatic rings. The van der Waals surface area contributed by atoms with E-state index in [1.165, 1.54) is 10.9 Å². The number of nitrogens with zero attached hydrogens (tertiary/aromatic N) is 3. The summed E-state index contributed by atoms with van der Waals surface area (Å²) in [5.41, 5.74) is -0.184. The molecule has 0 atom stereocenters. The van der Waals surface area contributed by atoms with Crippen molar-refractivity contribution in [3.63, 3.8) is 0 Å². The van der Waals surface area contributed by atoms with Gasteiger partial charge in [-0.1, -0.05) is 5.21 Å². The topological polar surface area (TPSA) is 130 Å². The lowest BCUT2D eigenvalue weighted by molar-refractivity contribution is 0.0691. The molecule has 0 aromatic carbocycles. The van der Waals surface area contributed by atoms with E-state index in [0.717, 1.165) is 12.3 Å². The number of hydrogen-bond donors (Lipinski definition) is 3. The number of hydrogen-bond acceptors (Lipinski definition) is 5. The van der Waals surface area contributed by atoms with Crippen molar-refractivity contribution in [3.05, 3.63) is 30.4 Å². The van der Waals surface area contributed by atoms with Crippen molar-refractivity contribution in [1.82, 2.24) is 24.7 Å².